The molecule has 9 heteroatoms. The first-order valence-electron chi connectivity index (χ1n) is 12.4. The zero-order valence-electron chi connectivity index (χ0n) is 20.8. The monoisotopic (exact) mass is 496 g/mol. The van der Waals surface area contributed by atoms with Gasteiger partial charge in [-0.2, -0.15) is 0 Å². The molecule has 2 saturated heterocycles. The highest BCUT2D eigenvalue weighted by molar-refractivity contribution is 6.05. The van der Waals surface area contributed by atoms with E-state index in [1.807, 2.05) is 18.2 Å². The number of hydrogen-bond acceptors (Lipinski definition) is 7. The number of carbonyl (C=O) groups is 3. The van der Waals surface area contributed by atoms with Crippen molar-refractivity contribution in [3.63, 3.8) is 0 Å². The Morgan fingerprint density at radius 2 is 1.86 bits per heavy atom. The van der Waals surface area contributed by atoms with E-state index in [1.54, 1.807) is 56.2 Å². The number of benzene rings is 1. The van der Waals surface area contributed by atoms with Crippen LogP contribution in [-0.2, 0) is 23.9 Å². The summed E-state index contributed by atoms with van der Waals surface area (Å²) in [5.74, 6) is -2.48. The van der Waals surface area contributed by atoms with Crippen LogP contribution in [0.5, 0.6) is 5.75 Å². The van der Waals surface area contributed by atoms with Crippen molar-refractivity contribution in [2.45, 2.75) is 50.0 Å². The number of allylic oxidation sites excluding steroid dienone is 1. The first kappa shape index (κ1) is 24.5. The zero-order valence-corrected chi connectivity index (χ0v) is 20.8. The van der Waals surface area contributed by atoms with E-state index in [9.17, 15) is 19.5 Å². The maximum Gasteiger partial charge on any atom is 0.313 e. The van der Waals surface area contributed by atoms with Crippen molar-refractivity contribution < 1.29 is 33.7 Å². The number of ether oxygens (including phenoxy) is 3. The number of methoxy groups -OCH3 is 1. The molecule has 2 fully saturated rings. The molecule has 4 aliphatic rings. The van der Waals surface area contributed by atoms with Crippen LogP contribution in [0.3, 0.4) is 0 Å². The summed E-state index contributed by atoms with van der Waals surface area (Å²) in [6, 6.07) is 5.38. The van der Waals surface area contributed by atoms with Crippen LogP contribution in [-0.4, -0.2) is 77.9 Å². The standard InChI is InChI=1S/C27H32N2O7/c1-17(16-30)29-22-24(32)28(18-8-10-19(34-3)11-9-18)14-7-13-27(22)20(23(29)31)21-25(33)35-15-6-4-5-12-26(21,2)36-27/h5,7-13,17,20-22,30H,4,6,14-16H2,1-3H3/b12-5-/t17-,20+,21+,22?,26-,27+/m1/s1. The highest BCUT2D eigenvalue weighted by Crippen LogP contribution is 2.57. The molecule has 0 aliphatic carbocycles. The molecule has 6 atom stereocenters. The SMILES string of the molecule is COc1ccc(N2CC=C[C@]34O[C@]5(C)/C=C\CCCOC(=O)[C@@H]5[C@H]3C(=O)N([C@H](C)CO)C4C2=O)cc1. The number of carbonyl (C=O) groups excluding carboxylic acids is 3. The topological polar surface area (TPSA) is 106 Å². The largest absolute Gasteiger partial charge is 0.497 e. The van der Waals surface area contributed by atoms with Crippen LogP contribution in [0.25, 0.3) is 0 Å². The van der Waals surface area contributed by atoms with E-state index in [0.717, 1.165) is 0 Å². The lowest BCUT2D eigenvalue weighted by atomic mass is 9.74. The van der Waals surface area contributed by atoms with Gasteiger partial charge in [0.1, 0.15) is 23.3 Å². The van der Waals surface area contributed by atoms with Gasteiger partial charge >= 0.3 is 5.97 Å². The Balaban J connectivity index is 1.64. The molecular weight excluding hydrogens is 464 g/mol. The number of rotatable bonds is 4. The maximum atomic E-state index is 14.2. The van der Waals surface area contributed by atoms with Crippen molar-refractivity contribution in [2.24, 2.45) is 11.8 Å². The van der Waals surface area contributed by atoms with E-state index in [4.69, 9.17) is 14.2 Å². The van der Waals surface area contributed by atoms with Crippen LogP contribution in [0.2, 0.25) is 0 Å². The summed E-state index contributed by atoms with van der Waals surface area (Å²) in [4.78, 5) is 44.6. The summed E-state index contributed by atoms with van der Waals surface area (Å²) in [7, 11) is 1.57. The van der Waals surface area contributed by atoms with Crippen LogP contribution in [0.15, 0.2) is 48.6 Å². The van der Waals surface area contributed by atoms with Gasteiger partial charge in [0.2, 0.25) is 5.91 Å². The number of likely N-dealkylation sites (tertiary alicyclic amines) is 1. The van der Waals surface area contributed by atoms with E-state index in [-0.39, 0.29) is 25.7 Å². The molecule has 1 unspecified atom stereocenters. The second kappa shape index (κ2) is 9.05. The highest BCUT2D eigenvalue weighted by atomic mass is 16.6. The predicted molar refractivity (Wildman–Crippen MR) is 130 cm³/mol. The quantitative estimate of drug-likeness (QED) is 0.501. The fourth-order valence-corrected chi connectivity index (χ4v) is 6.13. The smallest absolute Gasteiger partial charge is 0.313 e. The molecule has 9 nitrogen and oxygen atoms in total. The molecule has 1 N–H and O–H groups in total. The van der Waals surface area contributed by atoms with Gasteiger partial charge in [0.25, 0.3) is 5.91 Å². The molecule has 4 heterocycles. The molecule has 0 saturated carbocycles. The Labute approximate surface area is 210 Å². The summed E-state index contributed by atoms with van der Waals surface area (Å²) in [5, 5.41) is 10.0. The van der Waals surface area contributed by atoms with Crippen molar-refractivity contribution in [3.8, 4) is 5.75 Å². The van der Waals surface area contributed by atoms with Crippen molar-refractivity contribution in [1.82, 2.24) is 4.90 Å². The lowest BCUT2D eigenvalue weighted by molar-refractivity contribution is -0.159. The van der Waals surface area contributed by atoms with Gasteiger partial charge in [-0.3, -0.25) is 14.4 Å². The summed E-state index contributed by atoms with van der Waals surface area (Å²) in [6.45, 7) is 3.65. The summed E-state index contributed by atoms with van der Waals surface area (Å²) < 4.78 is 17.5. The van der Waals surface area contributed by atoms with Gasteiger partial charge in [-0.25, -0.2) is 0 Å². The Kier molecular flexibility index (Phi) is 6.16. The third-order valence-electron chi connectivity index (χ3n) is 7.81. The van der Waals surface area contributed by atoms with E-state index < -0.39 is 47.0 Å². The highest BCUT2D eigenvalue weighted by Gasteiger charge is 2.75. The predicted octanol–water partition coefficient (Wildman–Crippen LogP) is 1.84. The summed E-state index contributed by atoms with van der Waals surface area (Å²) in [6.07, 6.45) is 8.77. The average molecular weight is 497 g/mol. The van der Waals surface area contributed by atoms with E-state index >= 15 is 0 Å². The Morgan fingerprint density at radius 3 is 2.56 bits per heavy atom. The molecule has 2 amide bonds. The van der Waals surface area contributed by atoms with Crippen molar-refractivity contribution >= 4 is 23.5 Å². The van der Waals surface area contributed by atoms with Crippen LogP contribution in [0.1, 0.15) is 26.7 Å². The molecule has 1 aromatic carbocycles. The summed E-state index contributed by atoms with van der Waals surface area (Å²) in [5.41, 5.74) is -1.88. The second-order valence-corrected chi connectivity index (χ2v) is 10.0. The van der Waals surface area contributed by atoms with Crippen LogP contribution in [0, 0.1) is 11.8 Å². The van der Waals surface area contributed by atoms with Crippen molar-refractivity contribution in [3.05, 3.63) is 48.6 Å². The number of amides is 2. The van der Waals surface area contributed by atoms with Gasteiger partial charge < -0.3 is 29.1 Å². The lowest BCUT2D eigenvalue weighted by Gasteiger charge is -2.39. The molecule has 0 radical (unpaired) electrons. The van der Waals surface area contributed by atoms with Crippen LogP contribution < -0.4 is 9.64 Å². The van der Waals surface area contributed by atoms with Gasteiger partial charge in [0, 0.05) is 12.2 Å². The molecule has 0 bridgehead atoms. The normalized spacial score (nSPS) is 35.6. The van der Waals surface area contributed by atoms with Crippen molar-refractivity contribution in [2.75, 3.05) is 31.8 Å². The lowest BCUT2D eigenvalue weighted by Crippen LogP contribution is -2.58. The molecular formula is C27H32N2O7. The number of anilines is 1. The van der Waals surface area contributed by atoms with Gasteiger partial charge in [-0.15, -0.1) is 0 Å². The van der Waals surface area contributed by atoms with E-state index in [2.05, 4.69) is 0 Å². The minimum Gasteiger partial charge on any atom is -0.497 e. The molecule has 4 aliphatic heterocycles. The minimum atomic E-state index is -1.39. The Morgan fingerprint density at radius 1 is 1.11 bits per heavy atom. The maximum absolute atomic E-state index is 14.2. The van der Waals surface area contributed by atoms with Gasteiger partial charge in [0.15, 0.2) is 0 Å². The first-order valence-corrected chi connectivity index (χ1v) is 12.4. The van der Waals surface area contributed by atoms with E-state index in [0.29, 0.717) is 24.3 Å². The number of nitrogens with zero attached hydrogens (tertiary/aromatic N) is 2. The Bertz CT molecular complexity index is 1120. The number of esters is 1. The fraction of sp³-hybridized carbons (Fsp3) is 0.519. The number of cyclic esters (lactones) is 1. The van der Waals surface area contributed by atoms with Gasteiger partial charge in [-0.05, 0) is 51.0 Å². The number of aliphatic hydroxyl groups is 1. The Hall–Kier alpha value is -3.17. The van der Waals surface area contributed by atoms with E-state index in [1.165, 1.54) is 4.90 Å². The number of hydrogen-bond donors (Lipinski definition) is 1. The van der Waals surface area contributed by atoms with Gasteiger partial charge in [-0.1, -0.05) is 24.3 Å². The zero-order chi connectivity index (χ0) is 25.7. The molecule has 5 rings (SSSR count). The summed E-state index contributed by atoms with van der Waals surface area (Å²) >= 11 is 0. The number of fused-ring (bicyclic) bond motifs is 2. The first-order chi connectivity index (χ1) is 17.3. The molecule has 0 aromatic heterocycles. The van der Waals surface area contributed by atoms with Crippen molar-refractivity contribution in [1.29, 1.82) is 0 Å². The molecule has 36 heavy (non-hydrogen) atoms. The molecule has 1 aromatic rings. The number of aliphatic hydroxyl groups excluding tert-OH is 1. The van der Waals surface area contributed by atoms with Crippen LogP contribution >= 0.6 is 0 Å². The third kappa shape index (κ3) is 3.56. The third-order valence-corrected chi connectivity index (χ3v) is 7.81. The van der Waals surface area contributed by atoms with Crippen LogP contribution in [0.4, 0.5) is 5.69 Å². The second-order valence-electron chi connectivity index (χ2n) is 10.0. The molecule has 1 spiro atoms. The average Bonchev–Trinajstić information content (AvgIpc) is 3.23. The molecule has 192 valence electrons. The fourth-order valence-electron chi connectivity index (χ4n) is 6.13. The minimum absolute atomic E-state index is 0.254. The van der Waals surface area contributed by atoms with Gasteiger partial charge in [0.05, 0.1) is 37.9 Å².